The minimum absolute atomic E-state index is 0.243. The number of benzene rings is 1. The van der Waals surface area contributed by atoms with Gasteiger partial charge in [-0.2, -0.15) is 4.80 Å². The molecule has 2 heterocycles. The summed E-state index contributed by atoms with van der Waals surface area (Å²) in [5.74, 6) is 0.813. The zero-order chi connectivity index (χ0) is 18.4. The Labute approximate surface area is 148 Å². The van der Waals surface area contributed by atoms with Crippen LogP contribution in [0.3, 0.4) is 0 Å². The van der Waals surface area contributed by atoms with E-state index < -0.39 is 0 Å². The molecule has 0 aliphatic heterocycles. The van der Waals surface area contributed by atoms with E-state index in [0.29, 0.717) is 36.2 Å². The number of urea groups is 1. The SMILES string of the molecule is CCn1nnc(-c2cccc(NC(=O)NCCOc3nonc3C)c2)n1. The molecule has 136 valence electrons. The molecule has 0 fully saturated rings. The van der Waals surface area contributed by atoms with Crippen LogP contribution >= 0.6 is 0 Å². The fourth-order valence-electron chi connectivity index (χ4n) is 2.07. The van der Waals surface area contributed by atoms with Gasteiger partial charge in [-0.05, 0) is 36.4 Å². The van der Waals surface area contributed by atoms with Gasteiger partial charge in [-0.3, -0.25) is 0 Å². The second-order valence-corrected chi connectivity index (χ2v) is 5.27. The molecular formula is C15H18N8O3. The second-order valence-electron chi connectivity index (χ2n) is 5.27. The number of hydrogen-bond donors (Lipinski definition) is 2. The van der Waals surface area contributed by atoms with Gasteiger partial charge >= 0.3 is 6.03 Å². The van der Waals surface area contributed by atoms with E-state index in [0.717, 1.165) is 5.56 Å². The maximum absolute atomic E-state index is 12.0. The number of carbonyl (C=O) groups excluding carboxylic acids is 1. The first-order chi connectivity index (χ1) is 12.7. The lowest BCUT2D eigenvalue weighted by Gasteiger charge is -2.08. The molecule has 0 radical (unpaired) electrons. The van der Waals surface area contributed by atoms with E-state index in [2.05, 4.69) is 41.0 Å². The van der Waals surface area contributed by atoms with Crippen LogP contribution in [0.1, 0.15) is 12.6 Å². The molecule has 0 bridgehead atoms. The third kappa shape index (κ3) is 4.32. The normalized spacial score (nSPS) is 10.5. The van der Waals surface area contributed by atoms with Gasteiger partial charge in [0.1, 0.15) is 12.3 Å². The van der Waals surface area contributed by atoms with Crippen molar-refractivity contribution in [2.75, 3.05) is 18.5 Å². The van der Waals surface area contributed by atoms with Gasteiger partial charge in [-0.15, -0.1) is 10.2 Å². The van der Waals surface area contributed by atoms with E-state index in [9.17, 15) is 4.79 Å². The van der Waals surface area contributed by atoms with Gasteiger partial charge in [-0.1, -0.05) is 17.3 Å². The summed E-state index contributed by atoms with van der Waals surface area (Å²) in [5, 5.41) is 24.8. The number of anilines is 1. The highest BCUT2D eigenvalue weighted by atomic mass is 16.6. The van der Waals surface area contributed by atoms with Crippen molar-refractivity contribution in [2.45, 2.75) is 20.4 Å². The van der Waals surface area contributed by atoms with Gasteiger partial charge in [0.2, 0.25) is 5.82 Å². The third-order valence-corrected chi connectivity index (χ3v) is 3.35. The smallest absolute Gasteiger partial charge is 0.319 e. The number of nitrogens with zero attached hydrogens (tertiary/aromatic N) is 6. The maximum Gasteiger partial charge on any atom is 0.319 e. The van der Waals surface area contributed by atoms with Crippen LogP contribution < -0.4 is 15.4 Å². The van der Waals surface area contributed by atoms with Crippen LogP contribution in [0.2, 0.25) is 0 Å². The van der Waals surface area contributed by atoms with Crippen molar-refractivity contribution in [3.8, 4) is 17.3 Å². The van der Waals surface area contributed by atoms with E-state index in [1.54, 1.807) is 25.1 Å². The Morgan fingerprint density at radius 1 is 1.35 bits per heavy atom. The lowest BCUT2D eigenvalue weighted by Crippen LogP contribution is -2.32. The van der Waals surface area contributed by atoms with Crippen LogP contribution in [0.5, 0.6) is 5.88 Å². The lowest BCUT2D eigenvalue weighted by molar-refractivity contribution is 0.240. The van der Waals surface area contributed by atoms with Gasteiger partial charge in [0.25, 0.3) is 5.88 Å². The van der Waals surface area contributed by atoms with Crippen molar-refractivity contribution in [3.05, 3.63) is 30.0 Å². The number of rotatable bonds is 7. The molecule has 0 aliphatic carbocycles. The number of aromatic nitrogens is 6. The minimum atomic E-state index is -0.356. The monoisotopic (exact) mass is 358 g/mol. The standard InChI is InChI=1S/C15H18N8O3/c1-3-23-19-13(18-22-23)11-5-4-6-12(9-11)17-15(24)16-7-8-25-14-10(2)20-26-21-14/h4-6,9H,3,7-8H2,1-2H3,(H2,16,17,24). The molecule has 0 unspecified atom stereocenters. The number of amides is 2. The molecular weight excluding hydrogens is 340 g/mol. The molecule has 2 amide bonds. The van der Waals surface area contributed by atoms with E-state index in [-0.39, 0.29) is 12.6 Å². The predicted molar refractivity (Wildman–Crippen MR) is 90.5 cm³/mol. The van der Waals surface area contributed by atoms with Crippen LogP contribution in [0, 0.1) is 6.92 Å². The van der Waals surface area contributed by atoms with Crippen LogP contribution in [0.15, 0.2) is 28.9 Å². The molecule has 0 saturated carbocycles. The number of tetrazole rings is 1. The van der Waals surface area contributed by atoms with Gasteiger partial charge < -0.3 is 15.4 Å². The van der Waals surface area contributed by atoms with Crippen LogP contribution in [0.25, 0.3) is 11.4 Å². The van der Waals surface area contributed by atoms with Gasteiger partial charge in [0.15, 0.2) is 0 Å². The van der Waals surface area contributed by atoms with Gasteiger partial charge in [0, 0.05) is 11.3 Å². The Balaban J connectivity index is 1.49. The van der Waals surface area contributed by atoms with Crippen molar-refractivity contribution in [1.82, 2.24) is 35.8 Å². The van der Waals surface area contributed by atoms with Crippen molar-refractivity contribution < 1.29 is 14.2 Å². The Kier molecular flexibility index (Phi) is 5.37. The summed E-state index contributed by atoms with van der Waals surface area (Å²) >= 11 is 0. The van der Waals surface area contributed by atoms with E-state index in [1.807, 2.05) is 13.0 Å². The van der Waals surface area contributed by atoms with E-state index in [1.165, 1.54) is 4.80 Å². The summed E-state index contributed by atoms with van der Waals surface area (Å²) in [7, 11) is 0. The molecule has 3 aromatic rings. The molecule has 2 aromatic heterocycles. The Hall–Kier alpha value is -3.50. The van der Waals surface area contributed by atoms with Gasteiger partial charge in [0.05, 0.1) is 13.1 Å². The highest BCUT2D eigenvalue weighted by Crippen LogP contribution is 2.18. The quantitative estimate of drug-likeness (QED) is 0.603. The van der Waals surface area contributed by atoms with Crippen LogP contribution in [0.4, 0.5) is 10.5 Å². The van der Waals surface area contributed by atoms with Gasteiger partial charge in [-0.25, -0.2) is 9.42 Å². The zero-order valence-corrected chi connectivity index (χ0v) is 14.3. The highest BCUT2D eigenvalue weighted by molar-refractivity contribution is 5.89. The molecule has 0 spiro atoms. The molecule has 11 heteroatoms. The average Bonchev–Trinajstić information content (AvgIpc) is 3.28. The van der Waals surface area contributed by atoms with Crippen LogP contribution in [-0.4, -0.2) is 49.7 Å². The Morgan fingerprint density at radius 2 is 2.23 bits per heavy atom. The molecule has 3 rings (SSSR count). The van der Waals surface area contributed by atoms with E-state index in [4.69, 9.17) is 4.74 Å². The molecule has 0 saturated heterocycles. The number of aryl methyl sites for hydroxylation is 2. The summed E-state index contributed by atoms with van der Waals surface area (Å²) in [5.41, 5.74) is 1.94. The molecule has 1 aromatic carbocycles. The van der Waals surface area contributed by atoms with Crippen molar-refractivity contribution in [2.24, 2.45) is 0 Å². The largest absolute Gasteiger partial charge is 0.472 e. The fraction of sp³-hybridized carbons (Fsp3) is 0.333. The first-order valence-corrected chi connectivity index (χ1v) is 8.00. The number of carbonyl (C=O) groups is 1. The predicted octanol–water partition coefficient (Wildman–Crippen LogP) is 1.25. The Morgan fingerprint density at radius 3 is 2.96 bits per heavy atom. The molecule has 0 atom stereocenters. The van der Waals surface area contributed by atoms with Crippen molar-refractivity contribution in [1.29, 1.82) is 0 Å². The number of ether oxygens (including phenoxy) is 1. The minimum Gasteiger partial charge on any atom is -0.472 e. The fourth-order valence-corrected chi connectivity index (χ4v) is 2.07. The molecule has 0 aliphatic rings. The molecule has 11 nitrogen and oxygen atoms in total. The highest BCUT2D eigenvalue weighted by Gasteiger charge is 2.08. The summed E-state index contributed by atoms with van der Waals surface area (Å²) in [6.45, 7) is 4.82. The number of nitrogens with one attached hydrogen (secondary N) is 2. The zero-order valence-electron chi connectivity index (χ0n) is 14.3. The Bertz CT molecular complexity index is 875. The lowest BCUT2D eigenvalue weighted by atomic mass is 10.2. The molecule has 26 heavy (non-hydrogen) atoms. The maximum atomic E-state index is 12.0. The first kappa shape index (κ1) is 17.3. The van der Waals surface area contributed by atoms with Crippen molar-refractivity contribution in [3.63, 3.8) is 0 Å². The molecule has 2 N–H and O–H groups in total. The number of hydrogen-bond acceptors (Lipinski definition) is 8. The second kappa shape index (κ2) is 8.05. The third-order valence-electron chi connectivity index (χ3n) is 3.35. The van der Waals surface area contributed by atoms with E-state index >= 15 is 0 Å². The summed E-state index contributed by atoms with van der Waals surface area (Å²) in [6.07, 6.45) is 0. The first-order valence-electron chi connectivity index (χ1n) is 8.00. The van der Waals surface area contributed by atoms with Crippen molar-refractivity contribution >= 4 is 11.7 Å². The topological polar surface area (TPSA) is 133 Å². The van der Waals surface area contributed by atoms with Crippen LogP contribution in [-0.2, 0) is 6.54 Å². The summed E-state index contributed by atoms with van der Waals surface area (Å²) in [6, 6.07) is 6.85. The average molecular weight is 358 g/mol. The summed E-state index contributed by atoms with van der Waals surface area (Å²) < 4.78 is 9.85. The summed E-state index contributed by atoms with van der Waals surface area (Å²) in [4.78, 5) is 13.5.